The maximum atomic E-state index is 15.8. The summed E-state index contributed by atoms with van der Waals surface area (Å²) >= 11 is 6.02. The summed E-state index contributed by atoms with van der Waals surface area (Å²) in [5.41, 5.74) is 9.31. The minimum Gasteiger partial charge on any atom is -0.382 e. The number of fused-ring (bicyclic) bond motifs is 3. The fourth-order valence-corrected chi connectivity index (χ4v) is 10.7. The number of imide groups is 2. The highest BCUT2D eigenvalue weighted by atomic mass is 35.5. The predicted molar refractivity (Wildman–Crippen MR) is 226 cm³/mol. The quantitative estimate of drug-likeness (QED) is 0.190. The molecule has 4 saturated heterocycles. The molecule has 2 unspecified atom stereocenters. The largest absolute Gasteiger partial charge is 0.382 e. The summed E-state index contributed by atoms with van der Waals surface area (Å²) in [6.45, 7) is 6.53. The van der Waals surface area contributed by atoms with E-state index in [1.54, 1.807) is 30.6 Å². The fourth-order valence-electron chi connectivity index (χ4n) is 10.6. The number of nitrogens with one attached hydrogen (secondary N) is 2. The van der Waals surface area contributed by atoms with Gasteiger partial charge < -0.3 is 25.8 Å². The number of benzene rings is 2. The van der Waals surface area contributed by atoms with E-state index in [9.17, 15) is 24.0 Å². The Kier molecular flexibility index (Phi) is 8.87. The molecule has 1 aliphatic carbocycles. The van der Waals surface area contributed by atoms with Crippen LogP contribution < -0.4 is 26.2 Å². The first-order chi connectivity index (χ1) is 29.9. The van der Waals surface area contributed by atoms with E-state index >= 15 is 4.39 Å². The van der Waals surface area contributed by atoms with Crippen LogP contribution in [0.3, 0.4) is 0 Å². The zero-order chi connectivity index (χ0) is 42.6. The molecule has 8 heterocycles. The molecular formula is C44H41ClFN11O5. The molecule has 2 aromatic carbocycles. The van der Waals surface area contributed by atoms with Gasteiger partial charge in [-0.3, -0.25) is 38.6 Å². The molecule has 11 rings (SSSR count). The van der Waals surface area contributed by atoms with E-state index in [0.29, 0.717) is 51.1 Å². The first kappa shape index (κ1) is 38.5. The first-order valence-electron chi connectivity index (χ1n) is 20.9. The van der Waals surface area contributed by atoms with Crippen molar-refractivity contribution in [3.8, 4) is 11.3 Å². The Hall–Kier alpha value is -6.46. The Bertz CT molecular complexity index is 2750. The minimum absolute atomic E-state index is 0.0855. The van der Waals surface area contributed by atoms with Crippen molar-refractivity contribution in [2.24, 2.45) is 23.2 Å². The third kappa shape index (κ3) is 6.35. The van der Waals surface area contributed by atoms with Gasteiger partial charge >= 0.3 is 0 Å². The van der Waals surface area contributed by atoms with Gasteiger partial charge in [-0.1, -0.05) is 11.6 Å². The summed E-state index contributed by atoms with van der Waals surface area (Å²) in [5, 5.41) is 5.30. The van der Waals surface area contributed by atoms with Crippen molar-refractivity contribution < 1.29 is 28.4 Å². The van der Waals surface area contributed by atoms with Crippen LogP contribution in [0.1, 0.15) is 56.8 Å². The second-order valence-corrected chi connectivity index (χ2v) is 18.0. The number of anilines is 4. The zero-order valence-electron chi connectivity index (χ0n) is 33.4. The van der Waals surface area contributed by atoms with Crippen molar-refractivity contribution in [1.29, 1.82) is 0 Å². The summed E-state index contributed by atoms with van der Waals surface area (Å²) in [5.74, 6) is -0.204. The van der Waals surface area contributed by atoms with Gasteiger partial charge in [-0.2, -0.15) is 0 Å². The molecule has 316 valence electrons. The number of nitrogens with zero attached hydrogens (tertiary/aromatic N) is 8. The van der Waals surface area contributed by atoms with E-state index in [1.165, 1.54) is 30.5 Å². The number of nitrogens with two attached hydrogens (primary N) is 1. The van der Waals surface area contributed by atoms with Gasteiger partial charge in [-0.25, -0.2) is 19.3 Å². The molecule has 5 aromatic rings. The average Bonchev–Trinajstić information content (AvgIpc) is 3.52. The number of likely N-dealkylation sites (tertiary alicyclic amines) is 1. The molecule has 0 radical (unpaired) electrons. The van der Waals surface area contributed by atoms with Crippen molar-refractivity contribution in [3.05, 3.63) is 94.7 Å². The maximum absolute atomic E-state index is 15.8. The fraction of sp³-hybridized carbons (Fsp3) is 0.364. The number of nitrogen functional groups attached to an aromatic ring is 1. The SMILES string of the molecule is Nc1nccn2c(N3CCC4(CC3)CN(CC3[C@H]5CN(c6ccc7c(c6)C(=O)N(C6CCC(=O)NC6=O)C7=O)C[C@@H]35)C4)nc(-c3ccc(C(=O)Nc4cc(Cl)ccn4)cc3F)c12. The Morgan fingerprint density at radius 2 is 1.68 bits per heavy atom. The number of pyridine rings is 1. The molecule has 1 spiro atoms. The topological polar surface area (TPSA) is 191 Å². The first-order valence-corrected chi connectivity index (χ1v) is 21.2. The van der Waals surface area contributed by atoms with Crippen LogP contribution in [0.25, 0.3) is 16.8 Å². The lowest BCUT2D eigenvalue weighted by atomic mass is 9.72. The van der Waals surface area contributed by atoms with Gasteiger partial charge in [0.1, 0.15) is 34.7 Å². The maximum Gasteiger partial charge on any atom is 0.262 e. The molecule has 0 bridgehead atoms. The number of carbonyl (C=O) groups is 5. The van der Waals surface area contributed by atoms with Gasteiger partial charge in [-0.15, -0.1) is 0 Å². The second-order valence-electron chi connectivity index (χ2n) is 17.5. The van der Waals surface area contributed by atoms with Gasteiger partial charge in [0.05, 0.1) is 11.1 Å². The number of aromatic nitrogens is 4. The molecule has 4 N–H and O–H groups in total. The van der Waals surface area contributed by atoms with Gasteiger partial charge in [0.2, 0.25) is 17.8 Å². The Balaban J connectivity index is 0.699. The predicted octanol–water partition coefficient (Wildman–Crippen LogP) is 4.10. The summed E-state index contributed by atoms with van der Waals surface area (Å²) in [6, 6.07) is 11.7. The zero-order valence-corrected chi connectivity index (χ0v) is 34.1. The van der Waals surface area contributed by atoms with E-state index in [4.69, 9.17) is 22.3 Å². The van der Waals surface area contributed by atoms with E-state index in [2.05, 4.69) is 35.3 Å². The van der Waals surface area contributed by atoms with Crippen molar-refractivity contribution in [3.63, 3.8) is 0 Å². The van der Waals surface area contributed by atoms with Crippen LogP contribution in [0.15, 0.2) is 67.1 Å². The van der Waals surface area contributed by atoms with E-state index in [1.807, 2.05) is 10.5 Å². The number of rotatable bonds is 8. The van der Waals surface area contributed by atoms with E-state index in [-0.39, 0.29) is 41.0 Å². The van der Waals surface area contributed by atoms with Gasteiger partial charge in [0.25, 0.3) is 17.7 Å². The Labute approximate surface area is 359 Å². The molecule has 16 nitrogen and oxygen atoms in total. The second kappa shape index (κ2) is 14.3. The molecule has 62 heavy (non-hydrogen) atoms. The molecular weight excluding hydrogens is 817 g/mol. The van der Waals surface area contributed by atoms with Crippen molar-refractivity contribution >= 4 is 69.9 Å². The van der Waals surface area contributed by atoms with Gasteiger partial charge in [-0.05, 0) is 91.0 Å². The van der Waals surface area contributed by atoms with Crippen molar-refractivity contribution in [2.75, 3.05) is 66.7 Å². The summed E-state index contributed by atoms with van der Waals surface area (Å²) in [7, 11) is 0. The smallest absolute Gasteiger partial charge is 0.262 e. The highest BCUT2D eigenvalue weighted by Crippen LogP contribution is 2.54. The normalized spacial score (nSPS) is 24.1. The molecule has 18 heteroatoms. The third-order valence-electron chi connectivity index (χ3n) is 13.9. The standard InChI is InChI=1S/C44H41ClFN11O5/c45-24-7-10-48-34(16-24)50-39(59)23-1-3-27(32(46)15-23)36-37-38(47)49-11-14-56(37)43(52-36)54-12-8-44(9-13-54)21-53(22-44)18-29-30-19-55(20-31(29)30)25-2-4-26-28(17-25)42(62)57(41(26)61)33-5-6-35(58)51-40(33)60/h1-4,7,10-11,14-17,29-31,33H,5-6,8-9,12-13,18-22H2,(H2,47,49)(H,48,50,59)(H,51,58,60)/t29?,30-,31+,33?. The molecule has 3 aromatic heterocycles. The highest BCUT2D eigenvalue weighted by molar-refractivity contribution is 6.30. The van der Waals surface area contributed by atoms with Crippen LogP contribution >= 0.6 is 11.6 Å². The lowest BCUT2D eigenvalue weighted by molar-refractivity contribution is -0.136. The van der Waals surface area contributed by atoms with Gasteiger partial charge in [0, 0.05) is 92.7 Å². The lowest BCUT2D eigenvalue weighted by Crippen LogP contribution is -2.61. The van der Waals surface area contributed by atoms with Crippen LogP contribution in [0.2, 0.25) is 5.02 Å². The highest BCUT2D eigenvalue weighted by Gasteiger charge is 2.58. The molecule has 4 atom stereocenters. The number of halogens is 2. The Morgan fingerprint density at radius 3 is 2.42 bits per heavy atom. The monoisotopic (exact) mass is 857 g/mol. The number of hydrogen-bond acceptors (Lipinski definition) is 12. The number of carbonyl (C=O) groups excluding carboxylic acids is 5. The molecule has 1 saturated carbocycles. The molecule has 5 fully saturated rings. The van der Waals surface area contributed by atoms with Crippen LogP contribution in [0.5, 0.6) is 0 Å². The van der Waals surface area contributed by atoms with Crippen LogP contribution in [0, 0.1) is 29.0 Å². The Morgan fingerprint density at radius 1 is 0.919 bits per heavy atom. The van der Waals surface area contributed by atoms with Crippen LogP contribution in [0.4, 0.5) is 27.7 Å². The van der Waals surface area contributed by atoms with Crippen molar-refractivity contribution in [2.45, 2.75) is 31.7 Å². The van der Waals surface area contributed by atoms with Crippen LogP contribution in [-0.4, -0.2) is 111 Å². The summed E-state index contributed by atoms with van der Waals surface area (Å²) in [6.07, 6.45) is 7.09. The molecule has 5 aliphatic heterocycles. The summed E-state index contributed by atoms with van der Waals surface area (Å²) in [4.78, 5) is 85.0. The number of piperidine rings is 3. The summed E-state index contributed by atoms with van der Waals surface area (Å²) < 4.78 is 17.7. The average molecular weight is 858 g/mol. The molecule has 6 aliphatic rings. The van der Waals surface area contributed by atoms with Crippen LogP contribution in [-0.2, 0) is 9.59 Å². The number of imidazole rings is 1. The third-order valence-corrected chi connectivity index (χ3v) is 14.1. The minimum atomic E-state index is -0.980. The van der Waals surface area contributed by atoms with E-state index in [0.717, 1.165) is 69.2 Å². The lowest BCUT2D eigenvalue weighted by Gasteiger charge is -2.54. The van der Waals surface area contributed by atoms with Crippen molar-refractivity contribution in [1.82, 2.24) is 34.5 Å². The van der Waals surface area contributed by atoms with E-state index < -0.39 is 41.4 Å². The number of hydrogen-bond donors (Lipinski definition) is 3. The van der Waals surface area contributed by atoms with Gasteiger partial charge in [0.15, 0.2) is 0 Å². The molecule has 5 amide bonds. The number of amides is 5.